The van der Waals surface area contributed by atoms with E-state index in [4.69, 9.17) is 4.74 Å². The molecule has 0 aliphatic heterocycles. The van der Waals surface area contributed by atoms with Gasteiger partial charge in [0.05, 0.1) is 0 Å². The molecule has 1 aromatic heterocycles. The van der Waals surface area contributed by atoms with Gasteiger partial charge in [0.2, 0.25) is 0 Å². The average Bonchev–Trinajstić information content (AvgIpc) is 2.46. The highest BCUT2D eigenvalue weighted by Crippen LogP contribution is 2.22. The van der Waals surface area contributed by atoms with Crippen molar-refractivity contribution in [3.8, 4) is 5.75 Å². The lowest BCUT2D eigenvalue weighted by atomic mass is 10.1. The van der Waals surface area contributed by atoms with Gasteiger partial charge in [-0.1, -0.05) is 12.1 Å². The van der Waals surface area contributed by atoms with Gasteiger partial charge in [-0.25, -0.2) is 4.39 Å². The highest BCUT2D eigenvalue weighted by Gasteiger charge is 2.08. The zero-order chi connectivity index (χ0) is 13.7. The van der Waals surface area contributed by atoms with Crippen molar-refractivity contribution >= 4 is 0 Å². The molecule has 0 saturated heterocycles. The van der Waals surface area contributed by atoms with Gasteiger partial charge in [0.1, 0.15) is 6.61 Å². The molecule has 0 aliphatic carbocycles. The molecular weight excluding hydrogens is 243 g/mol. The number of pyridine rings is 1. The van der Waals surface area contributed by atoms with E-state index in [1.807, 2.05) is 32.2 Å². The predicted molar refractivity (Wildman–Crippen MR) is 72.4 cm³/mol. The highest BCUT2D eigenvalue weighted by molar-refractivity contribution is 5.31. The molecule has 0 fully saturated rings. The molecule has 4 heteroatoms. The molecule has 1 aromatic carbocycles. The van der Waals surface area contributed by atoms with Gasteiger partial charge in [-0.15, -0.1) is 0 Å². The number of rotatable bonds is 5. The van der Waals surface area contributed by atoms with Crippen molar-refractivity contribution in [3.05, 3.63) is 59.7 Å². The van der Waals surface area contributed by atoms with E-state index in [1.54, 1.807) is 18.5 Å². The molecule has 1 atom stereocenters. The standard InChI is InChI=1S/C15H17FN2O/c1-11(17-2)13-5-6-15(14(16)8-13)19-10-12-4-3-7-18-9-12/h3-9,11,17H,10H2,1-2H3. The van der Waals surface area contributed by atoms with E-state index in [9.17, 15) is 4.39 Å². The second-order valence-electron chi connectivity index (χ2n) is 4.35. The molecule has 0 aliphatic rings. The smallest absolute Gasteiger partial charge is 0.165 e. The van der Waals surface area contributed by atoms with Crippen molar-refractivity contribution in [1.82, 2.24) is 10.3 Å². The number of halogens is 1. The van der Waals surface area contributed by atoms with Crippen LogP contribution in [-0.2, 0) is 6.61 Å². The summed E-state index contributed by atoms with van der Waals surface area (Å²) in [5, 5.41) is 3.07. The van der Waals surface area contributed by atoms with Gasteiger partial charge < -0.3 is 10.1 Å². The number of benzene rings is 1. The van der Waals surface area contributed by atoms with Gasteiger partial charge in [-0.05, 0) is 37.7 Å². The first-order valence-electron chi connectivity index (χ1n) is 6.19. The van der Waals surface area contributed by atoms with Crippen LogP contribution in [0.1, 0.15) is 24.1 Å². The van der Waals surface area contributed by atoms with Gasteiger partial charge in [0.25, 0.3) is 0 Å². The maximum Gasteiger partial charge on any atom is 0.165 e. The zero-order valence-electron chi connectivity index (χ0n) is 11.1. The molecule has 0 radical (unpaired) electrons. The summed E-state index contributed by atoms with van der Waals surface area (Å²) in [7, 11) is 1.84. The number of hydrogen-bond donors (Lipinski definition) is 1. The third kappa shape index (κ3) is 3.51. The number of aromatic nitrogens is 1. The first-order valence-corrected chi connectivity index (χ1v) is 6.19. The lowest BCUT2D eigenvalue weighted by molar-refractivity contribution is 0.289. The lowest BCUT2D eigenvalue weighted by Crippen LogP contribution is -2.12. The molecule has 2 aromatic rings. The zero-order valence-corrected chi connectivity index (χ0v) is 11.1. The Hall–Kier alpha value is -1.94. The van der Waals surface area contributed by atoms with Crippen LogP contribution >= 0.6 is 0 Å². The maximum absolute atomic E-state index is 13.9. The molecule has 100 valence electrons. The van der Waals surface area contributed by atoms with Crippen LogP contribution in [0.25, 0.3) is 0 Å². The summed E-state index contributed by atoms with van der Waals surface area (Å²) >= 11 is 0. The van der Waals surface area contributed by atoms with Gasteiger partial charge >= 0.3 is 0 Å². The fourth-order valence-electron chi connectivity index (χ4n) is 1.71. The van der Waals surface area contributed by atoms with Crippen LogP contribution in [0.2, 0.25) is 0 Å². The van der Waals surface area contributed by atoms with Crippen LogP contribution in [0.15, 0.2) is 42.7 Å². The monoisotopic (exact) mass is 260 g/mol. The van der Waals surface area contributed by atoms with E-state index in [0.29, 0.717) is 6.61 Å². The Kier molecular flexibility index (Phi) is 4.47. The summed E-state index contributed by atoms with van der Waals surface area (Å²) in [6.45, 7) is 2.29. The van der Waals surface area contributed by atoms with Crippen LogP contribution in [0.4, 0.5) is 4.39 Å². The lowest BCUT2D eigenvalue weighted by Gasteiger charge is -2.12. The summed E-state index contributed by atoms with van der Waals surface area (Å²) in [6, 6.07) is 8.86. The van der Waals surface area contributed by atoms with Crippen molar-refractivity contribution < 1.29 is 9.13 Å². The molecular formula is C15H17FN2O. The largest absolute Gasteiger partial charge is 0.486 e. The number of ether oxygens (including phenoxy) is 1. The Bertz CT molecular complexity index is 531. The van der Waals surface area contributed by atoms with E-state index in [2.05, 4.69) is 10.3 Å². The minimum absolute atomic E-state index is 0.113. The summed E-state index contributed by atoms with van der Waals surface area (Å²) in [6.07, 6.45) is 3.40. The van der Waals surface area contributed by atoms with Gasteiger partial charge in [0, 0.05) is 24.0 Å². The Labute approximate surface area is 112 Å². The molecule has 1 heterocycles. The quantitative estimate of drug-likeness (QED) is 0.897. The molecule has 2 rings (SSSR count). The SMILES string of the molecule is CNC(C)c1ccc(OCc2cccnc2)c(F)c1. The Morgan fingerprint density at radius 1 is 1.37 bits per heavy atom. The van der Waals surface area contributed by atoms with Crippen molar-refractivity contribution in [2.75, 3.05) is 7.05 Å². The minimum atomic E-state index is -0.344. The molecule has 0 saturated carbocycles. The van der Waals surface area contributed by atoms with E-state index < -0.39 is 0 Å². The van der Waals surface area contributed by atoms with Gasteiger partial charge in [-0.3, -0.25) is 4.98 Å². The fourth-order valence-corrected chi connectivity index (χ4v) is 1.71. The van der Waals surface area contributed by atoms with Crippen molar-refractivity contribution in [2.45, 2.75) is 19.6 Å². The molecule has 19 heavy (non-hydrogen) atoms. The Morgan fingerprint density at radius 3 is 2.84 bits per heavy atom. The highest BCUT2D eigenvalue weighted by atomic mass is 19.1. The number of hydrogen-bond acceptors (Lipinski definition) is 3. The topological polar surface area (TPSA) is 34.1 Å². The van der Waals surface area contributed by atoms with Gasteiger partial charge in [0.15, 0.2) is 11.6 Å². The number of nitrogens with one attached hydrogen (secondary N) is 1. The van der Waals surface area contributed by atoms with Crippen LogP contribution in [-0.4, -0.2) is 12.0 Å². The molecule has 0 amide bonds. The molecule has 1 N–H and O–H groups in total. The van der Waals surface area contributed by atoms with E-state index >= 15 is 0 Å². The van der Waals surface area contributed by atoms with Crippen molar-refractivity contribution in [1.29, 1.82) is 0 Å². The molecule has 0 spiro atoms. The van der Waals surface area contributed by atoms with Crippen molar-refractivity contribution in [2.24, 2.45) is 0 Å². The normalized spacial score (nSPS) is 12.2. The van der Waals surface area contributed by atoms with E-state index in [-0.39, 0.29) is 17.6 Å². The van der Waals surface area contributed by atoms with E-state index in [0.717, 1.165) is 11.1 Å². The second-order valence-corrected chi connectivity index (χ2v) is 4.35. The second kappa shape index (κ2) is 6.29. The van der Waals surface area contributed by atoms with Crippen LogP contribution in [0.5, 0.6) is 5.75 Å². The Balaban J connectivity index is 2.05. The fraction of sp³-hybridized carbons (Fsp3) is 0.267. The number of nitrogens with zero attached hydrogens (tertiary/aromatic N) is 1. The summed E-state index contributed by atoms with van der Waals surface area (Å²) in [4.78, 5) is 3.99. The third-order valence-corrected chi connectivity index (χ3v) is 3.01. The third-order valence-electron chi connectivity index (χ3n) is 3.01. The van der Waals surface area contributed by atoms with Crippen molar-refractivity contribution in [3.63, 3.8) is 0 Å². The predicted octanol–water partition coefficient (Wildman–Crippen LogP) is 3.08. The molecule has 1 unspecified atom stereocenters. The van der Waals surface area contributed by atoms with Gasteiger partial charge in [-0.2, -0.15) is 0 Å². The minimum Gasteiger partial charge on any atom is -0.486 e. The van der Waals surface area contributed by atoms with Crippen LogP contribution in [0.3, 0.4) is 0 Å². The van der Waals surface area contributed by atoms with Crippen LogP contribution in [0, 0.1) is 5.82 Å². The maximum atomic E-state index is 13.9. The Morgan fingerprint density at radius 2 is 2.21 bits per heavy atom. The molecule has 0 bridgehead atoms. The van der Waals surface area contributed by atoms with Crippen LogP contribution < -0.4 is 10.1 Å². The summed E-state index contributed by atoms with van der Waals surface area (Å²) in [5.41, 5.74) is 1.81. The first-order chi connectivity index (χ1) is 9.20. The summed E-state index contributed by atoms with van der Waals surface area (Å²) < 4.78 is 19.3. The average molecular weight is 260 g/mol. The summed E-state index contributed by atoms with van der Waals surface area (Å²) in [5.74, 6) is -0.0839. The molecule has 3 nitrogen and oxygen atoms in total. The van der Waals surface area contributed by atoms with E-state index in [1.165, 1.54) is 6.07 Å². The first kappa shape index (κ1) is 13.5.